The zero-order chi connectivity index (χ0) is 15.1. The van der Waals surface area contributed by atoms with Gasteiger partial charge < -0.3 is 15.7 Å². The Balaban J connectivity index is 4.70. The predicted octanol–water partition coefficient (Wildman–Crippen LogP) is 2.75. The Hall–Kier alpha value is -1.26. The monoisotopic (exact) mass is 272 g/mol. The summed E-state index contributed by atoms with van der Waals surface area (Å²) in [7, 11) is 0. The van der Waals surface area contributed by atoms with Crippen LogP contribution in [0.3, 0.4) is 0 Å². The van der Waals surface area contributed by atoms with Gasteiger partial charge in [-0.05, 0) is 25.2 Å². The first-order valence-electron chi connectivity index (χ1n) is 7.17. The molecule has 0 aliphatic carbocycles. The number of aliphatic carboxylic acids is 1. The number of rotatable bonds is 8. The van der Waals surface area contributed by atoms with Gasteiger partial charge in [-0.2, -0.15) is 0 Å². The fourth-order valence-corrected chi connectivity index (χ4v) is 2.12. The van der Waals surface area contributed by atoms with Crippen LogP contribution in [0.5, 0.6) is 0 Å². The van der Waals surface area contributed by atoms with Gasteiger partial charge in [0.2, 0.25) is 0 Å². The van der Waals surface area contributed by atoms with Gasteiger partial charge in [-0.15, -0.1) is 0 Å². The van der Waals surface area contributed by atoms with E-state index in [9.17, 15) is 9.59 Å². The lowest BCUT2D eigenvalue weighted by Crippen LogP contribution is -2.55. The van der Waals surface area contributed by atoms with Crippen LogP contribution >= 0.6 is 0 Å². The van der Waals surface area contributed by atoms with Crippen molar-refractivity contribution in [2.75, 3.05) is 0 Å². The Labute approximate surface area is 116 Å². The standard InChI is InChI=1S/C14H28N2O3/c1-6-10(5)11(12(17)18)15-13(19)16-14(7-2,8-3)9-4/h10-11H,6-9H2,1-5H3,(H,17,18)(H2,15,16,19)/t10?,11-/m0/s1. The number of hydrogen-bond donors (Lipinski definition) is 3. The fourth-order valence-electron chi connectivity index (χ4n) is 2.12. The van der Waals surface area contributed by atoms with E-state index < -0.39 is 18.0 Å². The van der Waals surface area contributed by atoms with Gasteiger partial charge in [0.25, 0.3) is 0 Å². The van der Waals surface area contributed by atoms with Gasteiger partial charge in [0.05, 0.1) is 0 Å². The summed E-state index contributed by atoms with van der Waals surface area (Å²) in [6, 6.07) is -1.23. The van der Waals surface area contributed by atoms with Gasteiger partial charge in [-0.3, -0.25) is 0 Å². The summed E-state index contributed by atoms with van der Waals surface area (Å²) in [4.78, 5) is 23.2. The molecule has 5 heteroatoms. The van der Waals surface area contributed by atoms with Crippen LogP contribution in [-0.4, -0.2) is 28.7 Å². The van der Waals surface area contributed by atoms with Gasteiger partial charge in [0.15, 0.2) is 0 Å². The average Bonchev–Trinajstić information content (AvgIpc) is 2.41. The summed E-state index contributed by atoms with van der Waals surface area (Å²) in [5.74, 6) is -1.08. The van der Waals surface area contributed by atoms with E-state index in [2.05, 4.69) is 10.6 Å². The van der Waals surface area contributed by atoms with Crippen molar-refractivity contribution in [3.8, 4) is 0 Å². The molecule has 0 saturated carbocycles. The zero-order valence-electron chi connectivity index (χ0n) is 12.7. The van der Waals surface area contributed by atoms with Crippen LogP contribution in [-0.2, 0) is 4.79 Å². The van der Waals surface area contributed by atoms with Gasteiger partial charge in [-0.25, -0.2) is 9.59 Å². The molecule has 0 fully saturated rings. The number of nitrogens with one attached hydrogen (secondary N) is 2. The third kappa shape index (κ3) is 5.09. The maximum absolute atomic E-state index is 12.0. The topological polar surface area (TPSA) is 78.4 Å². The molecule has 0 heterocycles. The minimum Gasteiger partial charge on any atom is -0.480 e. The summed E-state index contributed by atoms with van der Waals surface area (Å²) in [5, 5.41) is 14.7. The summed E-state index contributed by atoms with van der Waals surface area (Å²) < 4.78 is 0. The van der Waals surface area contributed by atoms with Crippen LogP contribution in [0, 0.1) is 5.92 Å². The van der Waals surface area contributed by atoms with Crippen molar-refractivity contribution in [2.24, 2.45) is 5.92 Å². The minimum absolute atomic E-state index is 0.0949. The van der Waals surface area contributed by atoms with E-state index in [1.807, 2.05) is 34.6 Å². The molecule has 112 valence electrons. The van der Waals surface area contributed by atoms with E-state index in [4.69, 9.17) is 5.11 Å². The normalized spacial score (nSPS) is 14.6. The molecule has 0 bridgehead atoms. The number of hydrogen-bond acceptors (Lipinski definition) is 2. The van der Waals surface area contributed by atoms with Crippen LogP contribution in [0.25, 0.3) is 0 Å². The SMILES string of the molecule is CCC(C)[C@H](NC(=O)NC(CC)(CC)CC)C(=O)O. The highest BCUT2D eigenvalue weighted by molar-refractivity contribution is 5.83. The lowest BCUT2D eigenvalue weighted by Gasteiger charge is -2.32. The van der Waals surface area contributed by atoms with E-state index in [-0.39, 0.29) is 11.5 Å². The molecule has 5 nitrogen and oxygen atoms in total. The molecule has 0 aromatic carbocycles. The average molecular weight is 272 g/mol. The Morgan fingerprint density at radius 2 is 1.58 bits per heavy atom. The second kappa shape index (κ2) is 8.02. The van der Waals surface area contributed by atoms with E-state index in [1.54, 1.807) is 0 Å². The Morgan fingerprint density at radius 1 is 1.11 bits per heavy atom. The predicted molar refractivity (Wildman–Crippen MR) is 76.2 cm³/mol. The molecule has 2 amide bonds. The number of urea groups is 1. The second-order valence-electron chi connectivity index (χ2n) is 5.14. The zero-order valence-corrected chi connectivity index (χ0v) is 12.7. The van der Waals surface area contributed by atoms with Crippen LogP contribution in [0.15, 0.2) is 0 Å². The largest absolute Gasteiger partial charge is 0.480 e. The minimum atomic E-state index is -0.986. The van der Waals surface area contributed by atoms with Crippen molar-refractivity contribution in [3.63, 3.8) is 0 Å². The van der Waals surface area contributed by atoms with Crippen LogP contribution in [0.4, 0.5) is 4.79 Å². The fraction of sp³-hybridized carbons (Fsp3) is 0.857. The van der Waals surface area contributed by atoms with Crippen molar-refractivity contribution >= 4 is 12.0 Å². The third-order valence-corrected chi connectivity index (χ3v) is 4.17. The van der Waals surface area contributed by atoms with E-state index in [0.29, 0.717) is 6.42 Å². The molecule has 1 unspecified atom stereocenters. The van der Waals surface area contributed by atoms with Crippen LogP contribution in [0.1, 0.15) is 60.3 Å². The molecular weight excluding hydrogens is 244 g/mol. The first-order valence-corrected chi connectivity index (χ1v) is 7.17. The van der Waals surface area contributed by atoms with Gasteiger partial charge >= 0.3 is 12.0 Å². The molecule has 0 spiro atoms. The van der Waals surface area contributed by atoms with E-state index >= 15 is 0 Å². The molecule has 0 saturated heterocycles. The van der Waals surface area contributed by atoms with Crippen molar-refractivity contribution in [1.29, 1.82) is 0 Å². The Kier molecular flexibility index (Phi) is 7.49. The second-order valence-corrected chi connectivity index (χ2v) is 5.14. The Morgan fingerprint density at radius 3 is 1.89 bits per heavy atom. The lowest BCUT2D eigenvalue weighted by molar-refractivity contribution is -0.140. The van der Waals surface area contributed by atoms with Crippen molar-refractivity contribution < 1.29 is 14.7 Å². The quantitative estimate of drug-likeness (QED) is 0.635. The summed E-state index contributed by atoms with van der Waals surface area (Å²) >= 11 is 0. The number of carbonyl (C=O) groups excluding carboxylic acids is 1. The molecule has 0 aliphatic heterocycles. The van der Waals surface area contributed by atoms with Gasteiger partial charge in [-0.1, -0.05) is 41.0 Å². The van der Waals surface area contributed by atoms with Crippen LogP contribution < -0.4 is 10.6 Å². The molecule has 0 aromatic heterocycles. The maximum Gasteiger partial charge on any atom is 0.326 e. The Bertz CT molecular complexity index is 293. The first-order chi connectivity index (χ1) is 8.85. The maximum atomic E-state index is 12.0. The highest BCUT2D eigenvalue weighted by Gasteiger charge is 2.30. The molecule has 19 heavy (non-hydrogen) atoms. The third-order valence-electron chi connectivity index (χ3n) is 4.17. The molecule has 0 rings (SSSR count). The highest BCUT2D eigenvalue weighted by Crippen LogP contribution is 2.19. The van der Waals surface area contributed by atoms with E-state index in [1.165, 1.54) is 0 Å². The molecule has 0 radical (unpaired) electrons. The van der Waals surface area contributed by atoms with Crippen LogP contribution in [0.2, 0.25) is 0 Å². The summed E-state index contributed by atoms with van der Waals surface area (Å²) in [5.41, 5.74) is -0.247. The number of amides is 2. The summed E-state index contributed by atoms with van der Waals surface area (Å²) in [6.45, 7) is 9.81. The van der Waals surface area contributed by atoms with Crippen molar-refractivity contribution in [2.45, 2.75) is 71.9 Å². The van der Waals surface area contributed by atoms with Gasteiger partial charge in [0.1, 0.15) is 6.04 Å². The van der Waals surface area contributed by atoms with Crippen molar-refractivity contribution in [1.82, 2.24) is 10.6 Å². The molecule has 2 atom stereocenters. The van der Waals surface area contributed by atoms with Gasteiger partial charge in [0, 0.05) is 5.54 Å². The van der Waals surface area contributed by atoms with E-state index in [0.717, 1.165) is 19.3 Å². The van der Waals surface area contributed by atoms with Crippen molar-refractivity contribution in [3.05, 3.63) is 0 Å². The summed E-state index contributed by atoms with van der Waals surface area (Å²) in [6.07, 6.45) is 3.19. The highest BCUT2D eigenvalue weighted by atomic mass is 16.4. The molecular formula is C14H28N2O3. The lowest BCUT2D eigenvalue weighted by atomic mass is 9.90. The first kappa shape index (κ1) is 17.7. The molecule has 0 aromatic rings. The number of carbonyl (C=O) groups is 2. The number of carboxylic acid groups (broad SMARTS) is 1. The molecule has 0 aliphatic rings. The molecule has 3 N–H and O–H groups in total. The smallest absolute Gasteiger partial charge is 0.326 e. The number of carboxylic acids is 1.